The second-order valence-electron chi connectivity index (χ2n) is 5.99. The lowest BCUT2D eigenvalue weighted by atomic mass is 9.81. The van der Waals surface area contributed by atoms with Crippen LogP contribution in [0.3, 0.4) is 0 Å². The van der Waals surface area contributed by atoms with E-state index in [1.54, 1.807) is 0 Å². The first-order chi connectivity index (χ1) is 9.74. The standard InChI is InChI=1S/C17H28N2O/c1-3-9-18-14-17(2,16-7-5-4-6-8-16)15-19-10-12-20-13-11-19/h4-8,18H,3,9-15H2,1-2H3. The van der Waals surface area contributed by atoms with Crippen LogP contribution in [0.4, 0.5) is 0 Å². The van der Waals surface area contributed by atoms with Gasteiger partial charge in [0, 0.05) is 31.6 Å². The Labute approximate surface area is 123 Å². The predicted octanol–water partition coefficient (Wildman–Crippen LogP) is 2.28. The molecule has 1 saturated heterocycles. The van der Waals surface area contributed by atoms with Gasteiger partial charge in [-0.15, -0.1) is 0 Å². The second-order valence-corrected chi connectivity index (χ2v) is 5.99. The Morgan fingerprint density at radius 3 is 2.55 bits per heavy atom. The van der Waals surface area contributed by atoms with Crippen molar-refractivity contribution in [1.82, 2.24) is 10.2 Å². The van der Waals surface area contributed by atoms with Gasteiger partial charge in [0.25, 0.3) is 0 Å². The van der Waals surface area contributed by atoms with Crippen molar-refractivity contribution in [1.29, 1.82) is 0 Å². The Bertz CT molecular complexity index is 376. The van der Waals surface area contributed by atoms with E-state index in [0.29, 0.717) is 0 Å². The summed E-state index contributed by atoms with van der Waals surface area (Å²) < 4.78 is 5.46. The van der Waals surface area contributed by atoms with Crippen molar-refractivity contribution in [3.8, 4) is 0 Å². The van der Waals surface area contributed by atoms with Crippen molar-refractivity contribution in [2.75, 3.05) is 45.9 Å². The molecule has 0 bridgehead atoms. The molecule has 112 valence electrons. The molecule has 1 aromatic rings. The Balaban J connectivity index is 2.06. The van der Waals surface area contributed by atoms with Gasteiger partial charge in [0.2, 0.25) is 0 Å². The molecule has 1 unspecified atom stereocenters. The third kappa shape index (κ3) is 4.30. The molecule has 3 nitrogen and oxygen atoms in total. The number of rotatable bonds is 7. The molecular formula is C17H28N2O. The number of nitrogens with zero attached hydrogens (tertiary/aromatic N) is 1. The molecule has 3 heteroatoms. The van der Waals surface area contributed by atoms with E-state index in [0.717, 1.165) is 45.9 Å². The lowest BCUT2D eigenvalue weighted by molar-refractivity contribution is 0.0281. The summed E-state index contributed by atoms with van der Waals surface area (Å²) in [4.78, 5) is 2.53. The molecule has 1 aliphatic heterocycles. The number of hydrogen-bond donors (Lipinski definition) is 1. The van der Waals surface area contributed by atoms with E-state index in [4.69, 9.17) is 4.74 Å². The van der Waals surface area contributed by atoms with Gasteiger partial charge in [-0.1, -0.05) is 44.2 Å². The third-order valence-electron chi connectivity index (χ3n) is 4.09. The largest absolute Gasteiger partial charge is 0.379 e. The van der Waals surface area contributed by atoms with E-state index < -0.39 is 0 Å². The summed E-state index contributed by atoms with van der Waals surface area (Å²) in [6.45, 7) is 11.6. The minimum atomic E-state index is 0.160. The van der Waals surface area contributed by atoms with Crippen LogP contribution in [0.2, 0.25) is 0 Å². The van der Waals surface area contributed by atoms with Crippen LogP contribution in [-0.4, -0.2) is 50.8 Å². The Hall–Kier alpha value is -0.900. The van der Waals surface area contributed by atoms with Crippen LogP contribution >= 0.6 is 0 Å². The lowest BCUT2D eigenvalue weighted by Gasteiger charge is -2.38. The van der Waals surface area contributed by atoms with Crippen molar-refractivity contribution in [3.63, 3.8) is 0 Å². The van der Waals surface area contributed by atoms with Gasteiger partial charge in [0.05, 0.1) is 13.2 Å². The average Bonchev–Trinajstić information content (AvgIpc) is 2.49. The number of benzene rings is 1. The zero-order valence-electron chi connectivity index (χ0n) is 12.9. The molecule has 0 amide bonds. The molecule has 0 radical (unpaired) electrons. The summed E-state index contributed by atoms with van der Waals surface area (Å²) in [6, 6.07) is 10.9. The first-order valence-electron chi connectivity index (χ1n) is 7.81. The molecule has 0 aliphatic carbocycles. The fourth-order valence-electron chi connectivity index (χ4n) is 2.88. The average molecular weight is 276 g/mol. The van der Waals surface area contributed by atoms with E-state index in [2.05, 4.69) is 54.4 Å². The van der Waals surface area contributed by atoms with Crippen LogP contribution in [-0.2, 0) is 10.2 Å². The molecule has 2 rings (SSSR count). The number of nitrogens with one attached hydrogen (secondary N) is 1. The molecule has 1 aromatic carbocycles. The smallest absolute Gasteiger partial charge is 0.0594 e. The van der Waals surface area contributed by atoms with E-state index in [-0.39, 0.29) is 5.41 Å². The molecule has 1 fully saturated rings. The summed E-state index contributed by atoms with van der Waals surface area (Å²) in [6.07, 6.45) is 1.18. The van der Waals surface area contributed by atoms with Crippen LogP contribution in [0.15, 0.2) is 30.3 Å². The molecule has 0 saturated carbocycles. The molecule has 1 heterocycles. The van der Waals surface area contributed by atoms with E-state index in [1.807, 2.05) is 0 Å². The van der Waals surface area contributed by atoms with Crippen LogP contribution in [0.25, 0.3) is 0 Å². The van der Waals surface area contributed by atoms with Crippen LogP contribution in [0.5, 0.6) is 0 Å². The highest BCUT2D eigenvalue weighted by molar-refractivity contribution is 5.25. The fourth-order valence-corrected chi connectivity index (χ4v) is 2.88. The summed E-state index contributed by atoms with van der Waals surface area (Å²) in [5.74, 6) is 0. The molecular weight excluding hydrogens is 248 g/mol. The second kappa shape index (κ2) is 7.77. The highest BCUT2D eigenvalue weighted by atomic mass is 16.5. The van der Waals surface area contributed by atoms with Crippen molar-refractivity contribution >= 4 is 0 Å². The number of morpholine rings is 1. The Kier molecular flexibility index (Phi) is 6.02. The van der Waals surface area contributed by atoms with Gasteiger partial charge in [0.1, 0.15) is 0 Å². The summed E-state index contributed by atoms with van der Waals surface area (Å²) in [5, 5.41) is 3.61. The molecule has 20 heavy (non-hydrogen) atoms. The minimum Gasteiger partial charge on any atom is -0.379 e. The first kappa shape index (κ1) is 15.5. The maximum Gasteiger partial charge on any atom is 0.0594 e. The quantitative estimate of drug-likeness (QED) is 0.773. The van der Waals surface area contributed by atoms with Gasteiger partial charge in [-0.2, -0.15) is 0 Å². The Morgan fingerprint density at radius 1 is 1.20 bits per heavy atom. The van der Waals surface area contributed by atoms with Gasteiger partial charge in [-0.05, 0) is 18.5 Å². The zero-order chi connectivity index (χ0) is 14.3. The maximum atomic E-state index is 5.46. The molecule has 1 atom stereocenters. The van der Waals surface area contributed by atoms with Crippen LogP contribution in [0.1, 0.15) is 25.8 Å². The van der Waals surface area contributed by atoms with Crippen molar-refractivity contribution in [2.45, 2.75) is 25.7 Å². The SMILES string of the molecule is CCCNCC(C)(CN1CCOCC1)c1ccccc1. The molecule has 1 N–H and O–H groups in total. The van der Waals surface area contributed by atoms with E-state index in [1.165, 1.54) is 12.0 Å². The van der Waals surface area contributed by atoms with E-state index >= 15 is 0 Å². The normalized spacial score (nSPS) is 19.7. The fraction of sp³-hybridized carbons (Fsp3) is 0.647. The zero-order valence-corrected chi connectivity index (χ0v) is 12.9. The third-order valence-corrected chi connectivity index (χ3v) is 4.09. The first-order valence-corrected chi connectivity index (χ1v) is 7.81. The van der Waals surface area contributed by atoms with Crippen molar-refractivity contribution < 1.29 is 4.74 Å². The minimum absolute atomic E-state index is 0.160. The van der Waals surface area contributed by atoms with E-state index in [9.17, 15) is 0 Å². The predicted molar refractivity (Wildman–Crippen MR) is 84.2 cm³/mol. The summed E-state index contributed by atoms with van der Waals surface area (Å²) in [7, 11) is 0. The summed E-state index contributed by atoms with van der Waals surface area (Å²) in [5.41, 5.74) is 1.59. The molecule has 1 aliphatic rings. The maximum absolute atomic E-state index is 5.46. The summed E-state index contributed by atoms with van der Waals surface area (Å²) >= 11 is 0. The highest BCUT2D eigenvalue weighted by Gasteiger charge is 2.29. The molecule has 0 spiro atoms. The number of hydrogen-bond acceptors (Lipinski definition) is 3. The topological polar surface area (TPSA) is 24.5 Å². The molecule has 0 aromatic heterocycles. The van der Waals surface area contributed by atoms with Crippen LogP contribution in [0, 0.1) is 0 Å². The number of ether oxygens (including phenoxy) is 1. The monoisotopic (exact) mass is 276 g/mol. The Morgan fingerprint density at radius 2 is 1.90 bits per heavy atom. The van der Waals surface area contributed by atoms with Crippen LogP contribution < -0.4 is 5.32 Å². The highest BCUT2D eigenvalue weighted by Crippen LogP contribution is 2.24. The van der Waals surface area contributed by atoms with Crippen molar-refractivity contribution in [3.05, 3.63) is 35.9 Å². The van der Waals surface area contributed by atoms with Gasteiger partial charge >= 0.3 is 0 Å². The van der Waals surface area contributed by atoms with Gasteiger partial charge in [-0.25, -0.2) is 0 Å². The van der Waals surface area contributed by atoms with Gasteiger partial charge in [-0.3, -0.25) is 4.90 Å². The lowest BCUT2D eigenvalue weighted by Crippen LogP contribution is -2.48. The van der Waals surface area contributed by atoms with Gasteiger partial charge < -0.3 is 10.1 Å². The van der Waals surface area contributed by atoms with Gasteiger partial charge in [0.15, 0.2) is 0 Å². The van der Waals surface area contributed by atoms with Crippen molar-refractivity contribution in [2.24, 2.45) is 0 Å².